The fraction of sp³-hybridized carbons (Fsp3) is 0.217. The zero-order valence-corrected chi connectivity index (χ0v) is 17.8. The molecule has 2 aromatic carbocycles. The van der Waals surface area contributed by atoms with Crippen LogP contribution in [0.3, 0.4) is 0 Å². The number of aryl methyl sites for hydroxylation is 3. The van der Waals surface area contributed by atoms with Crippen LogP contribution in [0.25, 0.3) is 0 Å². The molecule has 32 heavy (non-hydrogen) atoms. The number of hydrogen-bond donors (Lipinski definition) is 4. The van der Waals surface area contributed by atoms with E-state index in [0.717, 1.165) is 41.2 Å². The Labute approximate surface area is 184 Å². The molecule has 0 spiro atoms. The molecule has 8 nitrogen and oxygen atoms in total. The van der Waals surface area contributed by atoms with Gasteiger partial charge in [-0.3, -0.25) is 14.9 Å². The van der Waals surface area contributed by atoms with Crippen LogP contribution in [-0.4, -0.2) is 32.0 Å². The highest BCUT2D eigenvalue weighted by molar-refractivity contribution is 5.97. The van der Waals surface area contributed by atoms with E-state index in [0.29, 0.717) is 0 Å². The van der Waals surface area contributed by atoms with Gasteiger partial charge in [-0.25, -0.2) is 14.4 Å². The standard InChI is InChI=1S/C23H23FN4O4/c1-13-4-5-16(8-14(13)2)11-25-21(29)19-10-20(27-12-26-19)22(30)28-23(31,32)17-6-7-18(24)15(3)9-17/h4-10,12,31-32H,11H2,1-3H3,(H,25,29)(H,28,30). The molecule has 9 heteroatoms. The van der Waals surface area contributed by atoms with Crippen molar-refractivity contribution in [3.8, 4) is 0 Å². The number of aliphatic hydroxyl groups is 2. The molecule has 0 aliphatic rings. The molecular formula is C23H23FN4O4. The van der Waals surface area contributed by atoms with E-state index in [4.69, 9.17) is 0 Å². The maximum Gasteiger partial charge on any atom is 0.275 e. The van der Waals surface area contributed by atoms with Gasteiger partial charge in [0.25, 0.3) is 17.7 Å². The van der Waals surface area contributed by atoms with E-state index >= 15 is 0 Å². The summed E-state index contributed by atoms with van der Waals surface area (Å²) in [6.45, 7) is 5.69. The van der Waals surface area contributed by atoms with Crippen LogP contribution < -0.4 is 10.6 Å². The van der Waals surface area contributed by atoms with Crippen LogP contribution in [0.5, 0.6) is 0 Å². The minimum atomic E-state index is -2.77. The lowest BCUT2D eigenvalue weighted by Gasteiger charge is -2.23. The fourth-order valence-electron chi connectivity index (χ4n) is 2.95. The molecule has 0 aliphatic heterocycles. The Hall–Kier alpha value is -3.69. The Morgan fingerprint density at radius 2 is 1.59 bits per heavy atom. The first-order valence-corrected chi connectivity index (χ1v) is 9.77. The number of carbonyl (C=O) groups is 2. The van der Waals surface area contributed by atoms with Crippen molar-refractivity contribution in [3.05, 3.63) is 93.8 Å². The second-order valence-corrected chi connectivity index (χ2v) is 7.48. The Morgan fingerprint density at radius 3 is 2.25 bits per heavy atom. The SMILES string of the molecule is Cc1ccc(CNC(=O)c2cc(C(=O)NC(O)(O)c3ccc(F)c(C)c3)ncn2)cc1C. The first-order valence-electron chi connectivity index (χ1n) is 9.77. The smallest absolute Gasteiger partial charge is 0.275 e. The normalized spacial score (nSPS) is 11.2. The van der Waals surface area contributed by atoms with E-state index in [2.05, 4.69) is 15.3 Å². The van der Waals surface area contributed by atoms with Crippen molar-refractivity contribution in [2.24, 2.45) is 0 Å². The molecule has 3 aromatic rings. The van der Waals surface area contributed by atoms with E-state index < -0.39 is 23.5 Å². The number of amides is 2. The summed E-state index contributed by atoms with van der Waals surface area (Å²) in [6.07, 6.45) is 1.03. The molecule has 1 heterocycles. The second-order valence-electron chi connectivity index (χ2n) is 7.48. The van der Waals surface area contributed by atoms with Crippen molar-refractivity contribution in [2.45, 2.75) is 33.2 Å². The van der Waals surface area contributed by atoms with Crippen LogP contribution in [-0.2, 0) is 12.5 Å². The number of benzene rings is 2. The van der Waals surface area contributed by atoms with Crippen molar-refractivity contribution in [3.63, 3.8) is 0 Å². The Kier molecular flexibility index (Phi) is 6.61. The zero-order chi connectivity index (χ0) is 23.5. The summed E-state index contributed by atoms with van der Waals surface area (Å²) in [5.74, 6) is -4.77. The number of halogens is 1. The summed E-state index contributed by atoms with van der Waals surface area (Å²) in [5, 5.41) is 25.2. The highest BCUT2D eigenvalue weighted by Gasteiger charge is 2.30. The minimum absolute atomic E-state index is 0.0620. The summed E-state index contributed by atoms with van der Waals surface area (Å²) < 4.78 is 13.4. The van der Waals surface area contributed by atoms with Crippen molar-refractivity contribution in [1.82, 2.24) is 20.6 Å². The molecule has 2 amide bonds. The van der Waals surface area contributed by atoms with Gasteiger partial charge in [0.2, 0.25) is 0 Å². The first kappa shape index (κ1) is 23.0. The third kappa shape index (κ3) is 5.32. The van der Waals surface area contributed by atoms with Crippen molar-refractivity contribution in [1.29, 1.82) is 0 Å². The molecule has 166 valence electrons. The number of rotatable bonds is 6. The Bertz CT molecular complexity index is 1180. The average Bonchev–Trinajstić information content (AvgIpc) is 2.76. The predicted octanol–water partition coefficient (Wildman–Crippen LogP) is 2.00. The number of nitrogens with zero attached hydrogens (tertiary/aromatic N) is 2. The van der Waals surface area contributed by atoms with Gasteiger partial charge in [-0.1, -0.05) is 18.2 Å². The van der Waals surface area contributed by atoms with Gasteiger partial charge >= 0.3 is 0 Å². The summed E-state index contributed by atoms with van der Waals surface area (Å²) in [4.78, 5) is 32.6. The average molecular weight is 438 g/mol. The second kappa shape index (κ2) is 9.21. The number of aromatic nitrogens is 2. The van der Waals surface area contributed by atoms with Crippen LogP contribution in [0.1, 0.15) is 48.8 Å². The van der Waals surface area contributed by atoms with E-state index in [1.165, 1.54) is 13.0 Å². The Balaban J connectivity index is 1.70. The highest BCUT2D eigenvalue weighted by atomic mass is 19.1. The van der Waals surface area contributed by atoms with Crippen LogP contribution in [0.4, 0.5) is 4.39 Å². The topological polar surface area (TPSA) is 124 Å². The molecule has 0 unspecified atom stereocenters. The predicted molar refractivity (Wildman–Crippen MR) is 114 cm³/mol. The maximum atomic E-state index is 13.4. The maximum absolute atomic E-state index is 13.4. The largest absolute Gasteiger partial charge is 0.347 e. The summed E-state index contributed by atoms with van der Waals surface area (Å²) >= 11 is 0. The van der Waals surface area contributed by atoms with Gasteiger partial charge in [0, 0.05) is 18.2 Å². The van der Waals surface area contributed by atoms with Crippen molar-refractivity contribution < 1.29 is 24.2 Å². The van der Waals surface area contributed by atoms with E-state index in [-0.39, 0.29) is 29.1 Å². The summed E-state index contributed by atoms with van der Waals surface area (Å²) in [5.41, 5.74) is 2.89. The summed E-state index contributed by atoms with van der Waals surface area (Å²) in [7, 11) is 0. The zero-order valence-electron chi connectivity index (χ0n) is 17.8. The molecule has 0 aliphatic carbocycles. The van der Waals surface area contributed by atoms with Gasteiger partial charge in [0.1, 0.15) is 23.5 Å². The lowest BCUT2D eigenvalue weighted by Crippen LogP contribution is -2.46. The number of carbonyl (C=O) groups excluding carboxylic acids is 2. The lowest BCUT2D eigenvalue weighted by molar-refractivity contribution is -0.185. The number of hydrogen-bond acceptors (Lipinski definition) is 6. The first-order chi connectivity index (χ1) is 15.1. The van der Waals surface area contributed by atoms with E-state index in [9.17, 15) is 24.2 Å². The molecule has 0 saturated heterocycles. The van der Waals surface area contributed by atoms with Gasteiger partial charge in [0.15, 0.2) is 0 Å². The van der Waals surface area contributed by atoms with Gasteiger partial charge in [-0.15, -0.1) is 0 Å². The quantitative estimate of drug-likeness (QED) is 0.437. The molecule has 3 rings (SSSR count). The third-order valence-corrected chi connectivity index (χ3v) is 5.01. The molecule has 0 fully saturated rings. The van der Waals surface area contributed by atoms with E-state index in [1.54, 1.807) is 0 Å². The van der Waals surface area contributed by atoms with Crippen LogP contribution in [0, 0.1) is 26.6 Å². The number of nitrogens with one attached hydrogen (secondary N) is 2. The fourth-order valence-corrected chi connectivity index (χ4v) is 2.95. The van der Waals surface area contributed by atoms with Crippen LogP contribution in [0.2, 0.25) is 0 Å². The van der Waals surface area contributed by atoms with Crippen molar-refractivity contribution in [2.75, 3.05) is 0 Å². The Morgan fingerprint density at radius 1 is 0.906 bits per heavy atom. The molecule has 0 bridgehead atoms. The van der Waals surface area contributed by atoms with Crippen LogP contribution >= 0.6 is 0 Å². The third-order valence-electron chi connectivity index (χ3n) is 5.01. The lowest BCUT2D eigenvalue weighted by atomic mass is 10.1. The van der Waals surface area contributed by atoms with Gasteiger partial charge in [-0.2, -0.15) is 0 Å². The molecule has 1 aromatic heterocycles. The van der Waals surface area contributed by atoms with Gasteiger partial charge in [-0.05, 0) is 61.2 Å². The van der Waals surface area contributed by atoms with Gasteiger partial charge < -0.3 is 15.5 Å². The van der Waals surface area contributed by atoms with Crippen LogP contribution in [0.15, 0.2) is 48.8 Å². The molecule has 0 radical (unpaired) electrons. The van der Waals surface area contributed by atoms with Gasteiger partial charge in [0.05, 0.1) is 0 Å². The summed E-state index contributed by atoms with van der Waals surface area (Å²) in [6, 6.07) is 10.4. The minimum Gasteiger partial charge on any atom is -0.347 e. The molecule has 0 atom stereocenters. The van der Waals surface area contributed by atoms with Crippen molar-refractivity contribution >= 4 is 11.8 Å². The molecule has 4 N–H and O–H groups in total. The van der Waals surface area contributed by atoms with E-state index in [1.807, 2.05) is 37.4 Å². The molecular weight excluding hydrogens is 415 g/mol. The monoisotopic (exact) mass is 438 g/mol. The molecule has 0 saturated carbocycles. The highest BCUT2D eigenvalue weighted by Crippen LogP contribution is 2.19.